The maximum absolute atomic E-state index is 16.5. The molecular weight excluding hydrogens is 495 g/mol. The van der Waals surface area contributed by atoms with Crippen LogP contribution in [0.25, 0.3) is 32.9 Å². The Hall–Kier alpha value is -3.56. The molecule has 4 aromatic rings. The Morgan fingerprint density at radius 3 is 2.69 bits per heavy atom. The number of likely N-dealkylation sites (N-methyl/N-ethyl adjacent to an activating group) is 1. The molecule has 39 heavy (non-hydrogen) atoms. The van der Waals surface area contributed by atoms with Gasteiger partial charge in [0.2, 0.25) is 0 Å². The van der Waals surface area contributed by atoms with E-state index in [-0.39, 0.29) is 28.5 Å². The lowest BCUT2D eigenvalue weighted by molar-refractivity contribution is 0.108. The quantitative estimate of drug-likeness (QED) is 0.392. The molecule has 0 aliphatic carbocycles. The largest absolute Gasteiger partial charge is 0.508 e. The van der Waals surface area contributed by atoms with Crippen molar-refractivity contribution >= 4 is 27.5 Å². The lowest BCUT2D eigenvalue weighted by atomic mass is 10.00. The maximum Gasteiger partial charge on any atom is 0.319 e. The fraction of sp³-hybridized carbons (Fsp3) is 0.433. The summed E-state index contributed by atoms with van der Waals surface area (Å²) in [5, 5.41) is 16.2. The molecule has 3 atom stereocenters. The number of ether oxygens (including phenoxy) is 1. The third-order valence-corrected chi connectivity index (χ3v) is 8.90. The van der Waals surface area contributed by atoms with Crippen LogP contribution < -0.4 is 15.0 Å². The van der Waals surface area contributed by atoms with Gasteiger partial charge in [0, 0.05) is 36.9 Å². The van der Waals surface area contributed by atoms with Crippen LogP contribution >= 0.6 is 0 Å². The molecular formula is C30H33FN6O2. The van der Waals surface area contributed by atoms with Gasteiger partial charge in [-0.1, -0.05) is 24.3 Å². The first-order valence-corrected chi connectivity index (χ1v) is 13.8. The number of pyridine rings is 1. The van der Waals surface area contributed by atoms with E-state index in [0.717, 1.165) is 56.1 Å². The van der Waals surface area contributed by atoms with Gasteiger partial charge in [-0.15, -0.1) is 0 Å². The summed E-state index contributed by atoms with van der Waals surface area (Å²) in [6.45, 7) is 5.23. The number of fused-ring (bicyclic) bond motifs is 4. The summed E-state index contributed by atoms with van der Waals surface area (Å²) < 4.78 is 22.7. The molecule has 2 unspecified atom stereocenters. The first-order chi connectivity index (χ1) is 18.9. The van der Waals surface area contributed by atoms with E-state index < -0.39 is 5.82 Å². The third-order valence-electron chi connectivity index (χ3n) is 8.90. The molecule has 202 valence electrons. The second kappa shape index (κ2) is 9.27. The monoisotopic (exact) mass is 528 g/mol. The van der Waals surface area contributed by atoms with Crippen LogP contribution in [0.15, 0.2) is 42.6 Å². The molecule has 2 aromatic heterocycles. The lowest BCUT2D eigenvalue weighted by Gasteiger charge is -2.34. The molecule has 0 saturated carbocycles. The van der Waals surface area contributed by atoms with Gasteiger partial charge in [-0.25, -0.2) is 4.39 Å². The van der Waals surface area contributed by atoms with Crippen LogP contribution in [0.1, 0.15) is 32.6 Å². The number of rotatable bonds is 5. The van der Waals surface area contributed by atoms with Crippen LogP contribution in [0.3, 0.4) is 0 Å². The predicted octanol–water partition coefficient (Wildman–Crippen LogP) is 4.49. The van der Waals surface area contributed by atoms with E-state index in [2.05, 4.69) is 39.1 Å². The molecule has 2 N–H and O–H groups in total. The molecule has 7 rings (SSSR count). The third kappa shape index (κ3) is 4.24. The number of hydrogen-bond acceptors (Lipinski definition) is 8. The summed E-state index contributed by atoms with van der Waals surface area (Å²) in [6.07, 6.45) is 6.06. The average Bonchev–Trinajstić information content (AvgIpc) is 3.46. The van der Waals surface area contributed by atoms with Crippen molar-refractivity contribution in [3.63, 3.8) is 0 Å². The zero-order valence-electron chi connectivity index (χ0n) is 22.3. The number of hydrogen-bond donors (Lipinski definition) is 2. The topological polar surface area (TPSA) is 86.6 Å². The second-order valence-corrected chi connectivity index (χ2v) is 11.6. The molecule has 0 spiro atoms. The number of halogens is 1. The molecule has 0 radical (unpaired) electrons. The van der Waals surface area contributed by atoms with Gasteiger partial charge in [0.15, 0.2) is 5.82 Å². The number of nitrogens with zero attached hydrogens (tertiary/aromatic N) is 5. The number of nitrogens with one attached hydrogen (secondary N) is 1. The van der Waals surface area contributed by atoms with Crippen LogP contribution in [0, 0.1) is 5.82 Å². The number of anilines is 1. The molecule has 5 heterocycles. The van der Waals surface area contributed by atoms with Gasteiger partial charge in [0.1, 0.15) is 29.4 Å². The molecule has 2 aromatic carbocycles. The highest BCUT2D eigenvalue weighted by molar-refractivity contribution is 5.99. The Kier molecular flexibility index (Phi) is 5.82. The molecule has 3 aliphatic rings. The van der Waals surface area contributed by atoms with Gasteiger partial charge in [-0.3, -0.25) is 9.88 Å². The van der Waals surface area contributed by atoms with Gasteiger partial charge in [0.25, 0.3) is 0 Å². The first-order valence-electron chi connectivity index (χ1n) is 13.8. The van der Waals surface area contributed by atoms with E-state index in [9.17, 15) is 5.11 Å². The fourth-order valence-electron chi connectivity index (χ4n) is 6.54. The number of benzene rings is 2. The van der Waals surface area contributed by atoms with E-state index in [1.54, 1.807) is 18.3 Å². The summed E-state index contributed by atoms with van der Waals surface area (Å²) in [6, 6.07) is 11.8. The van der Waals surface area contributed by atoms with Crippen molar-refractivity contribution in [1.82, 2.24) is 25.2 Å². The highest BCUT2D eigenvalue weighted by Gasteiger charge is 2.36. The smallest absolute Gasteiger partial charge is 0.319 e. The van der Waals surface area contributed by atoms with Crippen molar-refractivity contribution in [3.8, 4) is 23.0 Å². The van der Waals surface area contributed by atoms with Gasteiger partial charge >= 0.3 is 6.01 Å². The zero-order chi connectivity index (χ0) is 26.7. The summed E-state index contributed by atoms with van der Waals surface area (Å²) in [7, 11) is 2.11. The van der Waals surface area contributed by atoms with Crippen molar-refractivity contribution in [3.05, 3.63) is 48.4 Å². The van der Waals surface area contributed by atoms with Crippen molar-refractivity contribution in [1.29, 1.82) is 0 Å². The van der Waals surface area contributed by atoms with Crippen LogP contribution in [0.5, 0.6) is 11.8 Å². The van der Waals surface area contributed by atoms with Crippen LogP contribution in [0.2, 0.25) is 0 Å². The highest BCUT2D eigenvalue weighted by Crippen LogP contribution is 2.38. The minimum absolute atomic E-state index is 0.0580. The molecule has 3 saturated heterocycles. The van der Waals surface area contributed by atoms with Crippen LogP contribution in [-0.4, -0.2) is 75.9 Å². The Labute approximate surface area is 226 Å². The van der Waals surface area contributed by atoms with E-state index in [1.807, 2.05) is 24.3 Å². The van der Waals surface area contributed by atoms with E-state index in [1.165, 1.54) is 0 Å². The Morgan fingerprint density at radius 1 is 1.13 bits per heavy atom. The summed E-state index contributed by atoms with van der Waals surface area (Å²) in [5.74, 6) is 0.179. The molecule has 0 amide bonds. The fourth-order valence-corrected chi connectivity index (χ4v) is 6.54. The zero-order valence-corrected chi connectivity index (χ0v) is 22.3. The van der Waals surface area contributed by atoms with Crippen molar-refractivity contribution < 1.29 is 14.2 Å². The standard InChI is InChI=1S/C30H33FN6O2/c1-30(10-5-11-36(30)2)17-39-29-34-27-24(28(35-29)37-15-19-8-9-20(16-37)33-19)14-32-26(25(27)31)23-13-21(38)12-18-6-3-4-7-22(18)23/h3-4,6-7,12-14,19-20,33,38H,5,8-11,15-17H2,1-2H3/t19?,20?,30-/m0/s1. The van der Waals surface area contributed by atoms with Gasteiger partial charge in [-0.2, -0.15) is 9.97 Å². The number of likely N-dealkylation sites (tertiary alicyclic amines) is 1. The Morgan fingerprint density at radius 2 is 1.92 bits per heavy atom. The van der Waals surface area contributed by atoms with E-state index in [4.69, 9.17) is 9.72 Å². The van der Waals surface area contributed by atoms with Crippen LogP contribution in [-0.2, 0) is 0 Å². The van der Waals surface area contributed by atoms with Gasteiger partial charge < -0.3 is 20.1 Å². The molecule has 2 bridgehead atoms. The van der Waals surface area contributed by atoms with E-state index >= 15 is 4.39 Å². The summed E-state index contributed by atoms with van der Waals surface area (Å²) in [4.78, 5) is 18.6. The van der Waals surface area contributed by atoms with Crippen molar-refractivity contribution in [2.45, 2.75) is 50.2 Å². The van der Waals surface area contributed by atoms with E-state index in [0.29, 0.717) is 35.5 Å². The minimum Gasteiger partial charge on any atom is -0.508 e. The molecule has 9 heteroatoms. The summed E-state index contributed by atoms with van der Waals surface area (Å²) >= 11 is 0. The number of aromatic hydroxyl groups is 1. The number of piperazine rings is 1. The minimum atomic E-state index is -0.543. The summed E-state index contributed by atoms with van der Waals surface area (Å²) in [5.41, 5.74) is 0.735. The van der Waals surface area contributed by atoms with Crippen molar-refractivity contribution in [2.75, 3.05) is 38.2 Å². The number of aromatic nitrogens is 3. The average molecular weight is 529 g/mol. The second-order valence-electron chi connectivity index (χ2n) is 11.6. The molecule has 3 fully saturated rings. The Balaban J connectivity index is 1.36. The maximum atomic E-state index is 16.5. The first kappa shape index (κ1) is 24.5. The molecule has 3 aliphatic heterocycles. The van der Waals surface area contributed by atoms with Gasteiger partial charge in [-0.05, 0) is 69.1 Å². The van der Waals surface area contributed by atoms with Gasteiger partial charge in [0.05, 0.1) is 10.9 Å². The number of phenolic OH excluding ortho intramolecular Hbond substituents is 1. The lowest BCUT2D eigenvalue weighted by Crippen LogP contribution is -2.51. The predicted molar refractivity (Wildman–Crippen MR) is 150 cm³/mol. The highest BCUT2D eigenvalue weighted by atomic mass is 19.1. The van der Waals surface area contributed by atoms with Crippen molar-refractivity contribution in [2.24, 2.45) is 0 Å². The Bertz CT molecular complexity index is 1570. The van der Waals surface area contributed by atoms with Crippen LogP contribution in [0.4, 0.5) is 10.2 Å². The molecule has 8 nitrogen and oxygen atoms in total. The number of phenols is 1. The SMILES string of the molecule is CN1CCC[C@@]1(C)COc1nc(N2CC3CCC(C2)N3)c2cnc(-c3cc(O)cc4ccccc34)c(F)c2n1. The normalized spacial score (nSPS) is 25.2.